The van der Waals surface area contributed by atoms with E-state index in [9.17, 15) is 13.2 Å². The van der Waals surface area contributed by atoms with E-state index in [0.717, 1.165) is 11.3 Å². The summed E-state index contributed by atoms with van der Waals surface area (Å²) in [6, 6.07) is 16.3. The lowest BCUT2D eigenvalue weighted by Crippen LogP contribution is -2.51. The molecular weight excluding hydrogens is 366 g/mol. The molecule has 2 aromatic rings. The van der Waals surface area contributed by atoms with Gasteiger partial charge in [-0.2, -0.15) is 17.0 Å². The minimum Gasteiger partial charge on any atom is -0.497 e. The third-order valence-electron chi connectivity index (χ3n) is 4.36. The van der Waals surface area contributed by atoms with E-state index in [-0.39, 0.29) is 19.0 Å². The van der Waals surface area contributed by atoms with Crippen molar-refractivity contribution < 1.29 is 17.9 Å². The highest BCUT2D eigenvalue weighted by Crippen LogP contribution is 2.20. The molecule has 1 N–H and O–H groups in total. The number of para-hydroxylation sites is 1. The van der Waals surface area contributed by atoms with Gasteiger partial charge in [-0.15, -0.1) is 0 Å². The number of ether oxygens (including phenoxy) is 1. The van der Waals surface area contributed by atoms with Gasteiger partial charge >= 0.3 is 0 Å². The molecule has 1 fully saturated rings. The lowest BCUT2D eigenvalue weighted by Gasteiger charge is -2.34. The number of anilines is 1. The molecular formula is C19H23N3O4S. The van der Waals surface area contributed by atoms with Crippen LogP contribution in [-0.4, -0.2) is 49.7 Å². The minimum atomic E-state index is -3.69. The Bertz CT molecular complexity index is 870. The zero-order valence-corrected chi connectivity index (χ0v) is 16.0. The fourth-order valence-electron chi connectivity index (χ4n) is 2.96. The number of nitrogens with one attached hydrogen (secondary N) is 1. The van der Waals surface area contributed by atoms with Crippen molar-refractivity contribution in [2.45, 2.75) is 13.0 Å². The van der Waals surface area contributed by atoms with Crippen molar-refractivity contribution in [3.8, 4) is 5.75 Å². The van der Waals surface area contributed by atoms with Gasteiger partial charge in [-0.1, -0.05) is 30.3 Å². The fraction of sp³-hybridized carbons (Fsp3) is 0.316. The molecule has 0 bridgehead atoms. The highest BCUT2D eigenvalue weighted by molar-refractivity contribution is 7.86. The fourth-order valence-corrected chi connectivity index (χ4v) is 4.59. The largest absolute Gasteiger partial charge is 0.497 e. The maximum absolute atomic E-state index is 12.9. The van der Waals surface area contributed by atoms with Gasteiger partial charge in [-0.05, 0) is 36.2 Å². The SMILES string of the molecule is COc1ccc(CN2CCCN(CC(=O)Nc3ccccc3)S2(=O)=O)cc1. The summed E-state index contributed by atoms with van der Waals surface area (Å²) in [4.78, 5) is 12.3. The predicted octanol–water partition coefficient (Wildman–Crippen LogP) is 2.09. The molecule has 0 radical (unpaired) electrons. The molecule has 8 heteroatoms. The highest BCUT2D eigenvalue weighted by Gasteiger charge is 2.34. The average Bonchev–Trinajstić information content (AvgIpc) is 2.66. The molecule has 3 rings (SSSR count). The van der Waals surface area contributed by atoms with Crippen molar-refractivity contribution in [1.82, 2.24) is 8.61 Å². The van der Waals surface area contributed by atoms with Gasteiger partial charge in [0.2, 0.25) is 5.91 Å². The number of hydrogen-bond donors (Lipinski definition) is 1. The Hall–Kier alpha value is -2.42. The summed E-state index contributed by atoms with van der Waals surface area (Å²) < 4.78 is 33.5. The molecule has 1 aliphatic rings. The normalized spacial score (nSPS) is 17.4. The molecule has 1 aliphatic heterocycles. The number of carbonyl (C=O) groups excluding carboxylic acids is 1. The maximum atomic E-state index is 12.9. The number of nitrogens with zero attached hydrogens (tertiary/aromatic N) is 2. The highest BCUT2D eigenvalue weighted by atomic mass is 32.2. The molecule has 1 amide bonds. The molecule has 0 atom stereocenters. The molecule has 144 valence electrons. The van der Waals surface area contributed by atoms with Crippen molar-refractivity contribution in [1.29, 1.82) is 0 Å². The second-order valence-electron chi connectivity index (χ2n) is 6.29. The molecule has 2 aromatic carbocycles. The summed E-state index contributed by atoms with van der Waals surface area (Å²) >= 11 is 0. The summed E-state index contributed by atoms with van der Waals surface area (Å²) in [6.07, 6.45) is 0.675. The second kappa shape index (κ2) is 8.51. The minimum absolute atomic E-state index is 0.198. The number of amides is 1. The Labute approximate surface area is 159 Å². The molecule has 27 heavy (non-hydrogen) atoms. The first kappa shape index (κ1) is 19.3. The van der Waals surface area contributed by atoms with Crippen molar-refractivity contribution in [3.63, 3.8) is 0 Å². The lowest BCUT2D eigenvalue weighted by molar-refractivity contribution is -0.116. The summed E-state index contributed by atoms with van der Waals surface area (Å²) in [7, 11) is -2.11. The molecule has 1 heterocycles. The number of carbonyl (C=O) groups is 1. The molecule has 0 saturated carbocycles. The van der Waals surface area contributed by atoms with Crippen molar-refractivity contribution in [3.05, 3.63) is 60.2 Å². The standard InChI is InChI=1S/C19H23N3O4S/c1-26-18-10-8-16(9-11-18)14-21-12-5-13-22(27(21,24)25)15-19(23)20-17-6-3-2-4-7-17/h2-4,6-11H,5,12-15H2,1H3,(H,20,23). The lowest BCUT2D eigenvalue weighted by atomic mass is 10.2. The molecule has 0 aromatic heterocycles. The van der Waals surface area contributed by atoms with Crippen LogP contribution < -0.4 is 10.1 Å². The molecule has 0 aliphatic carbocycles. The first-order valence-electron chi connectivity index (χ1n) is 8.72. The van der Waals surface area contributed by atoms with Gasteiger partial charge in [0, 0.05) is 25.3 Å². The zero-order chi connectivity index (χ0) is 19.3. The Morgan fingerprint density at radius 2 is 1.70 bits per heavy atom. The number of methoxy groups -OCH3 is 1. The Balaban J connectivity index is 1.65. The van der Waals surface area contributed by atoms with Gasteiger partial charge in [0.15, 0.2) is 0 Å². The Morgan fingerprint density at radius 1 is 1.04 bits per heavy atom. The summed E-state index contributed by atoms with van der Waals surface area (Å²) in [5.41, 5.74) is 1.52. The van der Waals surface area contributed by atoms with Gasteiger partial charge in [-0.3, -0.25) is 4.79 Å². The number of benzene rings is 2. The molecule has 0 unspecified atom stereocenters. The number of hydrogen-bond acceptors (Lipinski definition) is 4. The van der Waals surface area contributed by atoms with Gasteiger partial charge < -0.3 is 10.1 Å². The van der Waals surface area contributed by atoms with Crippen LogP contribution in [0.3, 0.4) is 0 Å². The number of rotatable bonds is 6. The van der Waals surface area contributed by atoms with Crippen LogP contribution in [0.25, 0.3) is 0 Å². The summed E-state index contributed by atoms with van der Waals surface area (Å²) in [5, 5.41) is 2.73. The second-order valence-corrected chi connectivity index (χ2v) is 8.22. The topological polar surface area (TPSA) is 79.0 Å². The van der Waals surface area contributed by atoms with E-state index in [1.807, 2.05) is 30.3 Å². The van der Waals surface area contributed by atoms with Crippen LogP contribution in [0, 0.1) is 0 Å². The van der Waals surface area contributed by atoms with E-state index < -0.39 is 10.2 Å². The van der Waals surface area contributed by atoms with Crippen LogP contribution in [-0.2, 0) is 21.5 Å². The van der Waals surface area contributed by atoms with Crippen LogP contribution in [0.5, 0.6) is 5.75 Å². The van der Waals surface area contributed by atoms with Gasteiger partial charge in [-0.25, -0.2) is 0 Å². The molecule has 0 spiro atoms. The third-order valence-corrected chi connectivity index (χ3v) is 6.29. The average molecular weight is 389 g/mol. The van der Waals surface area contributed by atoms with Crippen LogP contribution in [0.4, 0.5) is 5.69 Å². The molecule has 1 saturated heterocycles. The smallest absolute Gasteiger partial charge is 0.282 e. The Morgan fingerprint density at radius 3 is 2.37 bits per heavy atom. The van der Waals surface area contributed by atoms with E-state index in [0.29, 0.717) is 25.2 Å². The van der Waals surface area contributed by atoms with Crippen molar-refractivity contribution >= 4 is 21.8 Å². The van der Waals surface area contributed by atoms with E-state index in [1.54, 1.807) is 31.4 Å². The van der Waals surface area contributed by atoms with E-state index in [2.05, 4.69) is 5.32 Å². The van der Waals surface area contributed by atoms with E-state index in [4.69, 9.17) is 4.74 Å². The zero-order valence-electron chi connectivity index (χ0n) is 15.2. The monoisotopic (exact) mass is 389 g/mol. The summed E-state index contributed by atoms with van der Waals surface area (Å²) in [5.74, 6) is 0.371. The van der Waals surface area contributed by atoms with Gasteiger partial charge in [0.1, 0.15) is 5.75 Å². The van der Waals surface area contributed by atoms with E-state index >= 15 is 0 Å². The predicted molar refractivity (Wildman–Crippen MR) is 104 cm³/mol. The quantitative estimate of drug-likeness (QED) is 0.821. The van der Waals surface area contributed by atoms with Crippen molar-refractivity contribution in [2.75, 3.05) is 32.1 Å². The Kier molecular flexibility index (Phi) is 6.10. The maximum Gasteiger partial charge on any atom is 0.282 e. The van der Waals surface area contributed by atoms with E-state index in [1.165, 1.54) is 8.61 Å². The molecule has 7 nitrogen and oxygen atoms in total. The third kappa shape index (κ3) is 4.85. The first-order chi connectivity index (χ1) is 13.0. The summed E-state index contributed by atoms with van der Waals surface area (Å²) in [6.45, 7) is 0.842. The first-order valence-corrected chi connectivity index (χ1v) is 10.1. The van der Waals surface area contributed by atoms with Crippen LogP contribution in [0.2, 0.25) is 0 Å². The van der Waals surface area contributed by atoms with Crippen LogP contribution in [0.15, 0.2) is 54.6 Å². The van der Waals surface area contributed by atoms with Gasteiger partial charge in [0.05, 0.1) is 13.7 Å². The van der Waals surface area contributed by atoms with Crippen molar-refractivity contribution in [2.24, 2.45) is 0 Å². The van der Waals surface area contributed by atoms with Crippen LogP contribution >= 0.6 is 0 Å². The van der Waals surface area contributed by atoms with Crippen LogP contribution in [0.1, 0.15) is 12.0 Å². The van der Waals surface area contributed by atoms with Gasteiger partial charge in [0.25, 0.3) is 10.2 Å².